The lowest BCUT2D eigenvalue weighted by Crippen LogP contribution is -2.40. The van der Waals surface area contributed by atoms with Gasteiger partial charge in [-0.3, -0.25) is 9.36 Å². The zero-order valence-electron chi connectivity index (χ0n) is 25.4. The van der Waals surface area contributed by atoms with Gasteiger partial charge in [-0.25, -0.2) is 14.6 Å². The maximum absolute atomic E-state index is 14.1. The molecule has 238 valence electrons. The van der Waals surface area contributed by atoms with Crippen LogP contribution in [-0.4, -0.2) is 34.3 Å². The highest BCUT2D eigenvalue weighted by molar-refractivity contribution is 14.1. The molecule has 0 unspecified atom stereocenters. The van der Waals surface area contributed by atoms with Crippen LogP contribution in [0.5, 0.6) is 11.5 Å². The molecule has 0 spiro atoms. The number of aromatic carboxylic acids is 1. The highest BCUT2D eigenvalue weighted by atomic mass is 127. The van der Waals surface area contributed by atoms with Crippen LogP contribution in [-0.2, 0) is 16.1 Å². The number of allylic oxidation sites excluding steroid dienone is 1. The van der Waals surface area contributed by atoms with Crippen molar-refractivity contribution in [1.29, 1.82) is 0 Å². The van der Waals surface area contributed by atoms with E-state index in [2.05, 4.69) is 50.2 Å². The van der Waals surface area contributed by atoms with Crippen LogP contribution in [0.2, 0.25) is 0 Å². The number of fused-ring (bicyclic) bond motifs is 1. The number of nitrogens with zero attached hydrogens (tertiary/aromatic N) is 2. The van der Waals surface area contributed by atoms with Crippen molar-refractivity contribution in [3.8, 4) is 11.5 Å². The number of carbonyl (C=O) groups is 2. The van der Waals surface area contributed by atoms with Crippen molar-refractivity contribution >= 4 is 74.5 Å². The Balaban J connectivity index is 1.54. The number of carboxylic acids is 1. The SMILES string of the molecule is CCOC(=O)C1=C(C)N=c2s/c(=C/c3cc(I)c(OCc4ccc(C(=O)O)cc4)c(I)c3)c(=O)n2[C@@H]1c1ccccc1OC(C)C. The number of rotatable bonds is 10. The highest BCUT2D eigenvalue weighted by Gasteiger charge is 2.35. The second kappa shape index (κ2) is 14.5. The van der Waals surface area contributed by atoms with Gasteiger partial charge in [0.05, 0.1) is 41.2 Å². The molecule has 0 saturated heterocycles. The van der Waals surface area contributed by atoms with Gasteiger partial charge >= 0.3 is 11.9 Å². The molecule has 1 N–H and O–H groups in total. The largest absolute Gasteiger partial charge is 0.491 e. The van der Waals surface area contributed by atoms with Gasteiger partial charge in [-0.1, -0.05) is 41.7 Å². The number of esters is 1. The molecule has 3 aromatic carbocycles. The van der Waals surface area contributed by atoms with E-state index in [4.69, 9.17) is 19.3 Å². The van der Waals surface area contributed by atoms with Gasteiger partial charge in [0.25, 0.3) is 5.56 Å². The number of hydrogen-bond acceptors (Lipinski definition) is 8. The van der Waals surface area contributed by atoms with Gasteiger partial charge in [0, 0.05) is 5.56 Å². The Bertz CT molecular complexity index is 2010. The molecule has 12 heteroatoms. The lowest BCUT2D eigenvalue weighted by molar-refractivity contribution is -0.139. The van der Waals surface area contributed by atoms with Crippen LogP contribution >= 0.6 is 56.5 Å². The van der Waals surface area contributed by atoms with E-state index in [1.165, 1.54) is 11.3 Å². The van der Waals surface area contributed by atoms with E-state index in [9.17, 15) is 14.4 Å². The van der Waals surface area contributed by atoms with Crippen molar-refractivity contribution < 1.29 is 28.9 Å². The minimum Gasteiger partial charge on any atom is -0.491 e. The van der Waals surface area contributed by atoms with Crippen LogP contribution in [0.1, 0.15) is 60.8 Å². The van der Waals surface area contributed by atoms with Crippen LogP contribution in [0.3, 0.4) is 0 Å². The summed E-state index contributed by atoms with van der Waals surface area (Å²) in [6, 6.07) is 17.1. The number of halogens is 2. The standard InChI is InChI=1S/C34H30I2N2O7S/c1-5-43-33(42)28-19(4)37-34-38(29(28)23-8-6-7-9-26(23)45-18(2)3)31(39)27(46-34)16-21-14-24(35)30(25(36)15-21)44-17-20-10-12-22(13-11-20)32(40)41/h6-16,18,29H,5,17H2,1-4H3,(H,40,41)/b27-16+/t29-/m1/s1. The third-order valence-electron chi connectivity index (χ3n) is 7.00. The van der Waals surface area contributed by atoms with Crippen molar-refractivity contribution in [3.63, 3.8) is 0 Å². The Morgan fingerprint density at radius 3 is 2.39 bits per heavy atom. The minimum absolute atomic E-state index is 0.123. The number of para-hydroxylation sites is 1. The molecule has 0 amide bonds. The maximum Gasteiger partial charge on any atom is 0.338 e. The number of ether oxygens (including phenoxy) is 3. The summed E-state index contributed by atoms with van der Waals surface area (Å²) >= 11 is 5.66. The van der Waals surface area contributed by atoms with E-state index in [-0.39, 0.29) is 30.4 Å². The zero-order valence-corrected chi connectivity index (χ0v) is 30.5. The molecule has 1 aromatic heterocycles. The number of carbonyl (C=O) groups excluding carboxylic acids is 1. The second-order valence-corrected chi connectivity index (χ2v) is 13.9. The summed E-state index contributed by atoms with van der Waals surface area (Å²) in [5.74, 6) is -0.237. The Morgan fingerprint density at radius 2 is 1.76 bits per heavy atom. The molecule has 2 heterocycles. The summed E-state index contributed by atoms with van der Waals surface area (Å²) in [6.07, 6.45) is 1.70. The van der Waals surface area contributed by atoms with Crippen LogP contribution in [0.15, 0.2) is 81.7 Å². The quantitative estimate of drug-likeness (QED) is 0.152. The molecule has 46 heavy (non-hydrogen) atoms. The lowest BCUT2D eigenvalue weighted by Gasteiger charge is -2.26. The number of benzene rings is 3. The third kappa shape index (κ3) is 7.23. The summed E-state index contributed by atoms with van der Waals surface area (Å²) in [7, 11) is 0. The van der Waals surface area contributed by atoms with Crippen molar-refractivity contribution in [3.05, 3.63) is 121 Å². The Morgan fingerprint density at radius 1 is 1.09 bits per heavy atom. The van der Waals surface area contributed by atoms with Crippen molar-refractivity contribution in [2.24, 2.45) is 4.99 Å². The number of thiazole rings is 1. The Labute approximate surface area is 296 Å². The van der Waals surface area contributed by atoms with E-state index in [1.54, 1.807) is 42.7 Å². The average Bonchev–Trinajstić information content (AvgIpc) is 3.30. The number of hydrogen-bond donors (Lipinski definition) is 1. The molecular weight excluding hydrogens is 834 g/mol. The van der Waals surface area contributed by atoms with E-state index in [0.717, 1.165) is 18.3 Å². The summed E-state index contributed by atoms with van der Waals surface area (Å²) in [4.78, 5) is 43.7. The third-order valence-corrected chi connectivity index (χ3v) is 9.58. The fourth-order valence-electron chi connectivity index (χ4n) is 5.00. The summed E-state index contributed by atoms with van der Waals surface area (Å²) in [6.45, 7) is 7.80. The maximum atomic E-state index is 14.1. The predicted molar refractivity (Wildman–Crippen MR) is 192 cm³/mol. The van der Waals surface area contributed by atoms with Crippen LogP contribution in [0.25, 0.3) is 6.08 Å². The molecule has 1 atom stereocenters. The first-order valence-electron chi connectivity index (χ1n) is 14.4. The molecule has 0 radical (unpaired) electrons. The Kier molecular flexibility index (Phi) is 10.7. The zero-order chi connectivity index (χ0) is 33.1. The van der Waals surface area contributed by atoms with Crippen molar-refractivity contribution in [1.82, 2.24) is 4.57 Å². The minimum atomic E-state index is -0.977. The number of aromatic nitrogens is 1. The van der Waals surface area contributed by atoms with Gasteiger partial charge < -0.3 is 19.3 Å². The second-order valence-electron chi connectivity index (χ2n) is 10.6. The Hall–Kier alpha value is -3.50. The van der Waals surface area contributed by atoms with Crippen LogP contribution in [0, 0.1) is 7.14 Å². The van der Waals surface area contributed by atoms with Crippen LogP contribution < -0.4 is 24.4 Å². The van der Waals surface area contributed by atoms with E-state index >= 15 is 0 Å². The summed E-state index contributed by atoms with van der Waals surface area (Å²) < 4.78 is 21.4. The molecule has 9 nitrogen and oxygen atoms in total. The molecule has 0 aliphatic carbocycles. The van der Waals surface area contributed by atoms with Crippen molar-refractivity contribution in [2.45, 2.75) is 46.4 Å². The molecule has 0 fully saturated rings. The lowest BCUT2D eigenvalue weighted by atomic mass is 9.95. The molecule has 1 aliphatic heterocycles. The highest BCUT2D eigenvalue weighted by Crippen LogP contribution is 2.36. The van der Waals surface area contributed by atoms with Gasteiger partial charge in [-0.2, -0.15) is 0 Å². The first-order chi connectivity index (χ1) is 22.0. The first kappa shape index (κ1) is 33.9. The fourth-order valence-corrected chi connectivity index (χ4v) is 8.18. The normalized spacial score (nSPS) is 14.6. The van der Waals surface area contributed by atoms with Gasteiger partial charge in [-0.15, -0.1) is 0 Å². The molecule has 0 bridgehead atoms. The molecule has 0 saturated carbocycles. The number of carboxylic acid groups (broad SMARTS) is 1. The topological polar surface area (TPSA) is 116 Å². The van der Waals surface area contributed by atoms with E-state index in [0.29, 0.717) is 37.7 Å². The molecule has 1 aliphatic rings. The fraction of sp³-hybridized carbons (Fsp3) is 0.235. The molecule has 4 aromatic rings. The van der Waals surface area contributed by atoms with Crippen molar-refractivity contribution in [2.75, 3.05) is 6.61 Å². The molecular formula is C34H30I2N2O7S. The summed E-state index contributed by atoms with van der Waals surface area (Å²) in [5.41, 5.74) is 3.03. The van der Waals surface area contributed by atoms with E-state index in [1.807, 2.05) is 56.3 Å². The summed E-state index contributed by atoms with van der Waals surface area (Å²) in [5, 5.41) is 9.14. The van der Waals surface area contributed by atoms with Gasteiger partial charge in [0.15, 0.2) is 4.80 Å². The van der Waals surface area contributed by atoms with Gasteiger partial charge in [-0.05, 0) is 120 Å². The average molecular weight is 864 g/mol. The molecule has 5 rings (SSSR count). The van der Waals surface area contributed by atoms with Crippen LogP contribution in [0.4, 0.5) is 0 Å². The van der Waals surface area contributed by atoms with E-state index < -0.39 is 18.0 Å². The van der Waals surface area contributed by atoms with Gasteiger partial charge in [0.2, 0.25) is 0 Å². The first-order valence-corrected chi connectivity index (χ1v) is 17.3. The van der Waals surface area contributed by atoms with Gasteiger partial charge in [0.1, 0.15) is 24.1 Å². The predicted octanol–water partition coefficient (Wildman–Crippen LogP) is 6.07. The smallest absolute Gasteiger partial charge is 0.338 e. The monoisotopic (exact) mass is 864 g/mol.